The van der Waals surface area contributed by atoms with Crippen molar-refractivity contribution in [2.45, 2.75) is 50.7 Å². The fourth-order valence-corrected chi connectivity index (χ4v) is 7.66. The Morgan fingerprint density at radius 2 is 1.78 bits per heavy atom. The molecule has 288 valence electrons. The molecule has 13 nitrogen and oxygen atoms in total. The maximum atomic E-state index is 11.5. The molecule has 3 aromatic carbocycles. The van der Waals surface area contributed by atoms with Gasteiger partial charge in [0.25, 0.3) is 0 Å². The van der Waals surface area contributed by atoms with Crippen LogP contribution in [0.15, 0.2) is 77.7 Å². The number of halogens is 2. The Hall–Kier alpha value is -4.59. The molecule has 1 aliphatic heterocycles. The van der Waals surface area contributed by atoms with E-state index in [9.17, 15) is 25.4 Å². The second-order valence-electron chi connectivity index (χ2n) is 13.3. The van der Waals surface area contributed by atoms with E-state index in [1.807, 2.05) is 24.4 Å². The molecule has 5 aromatic rings. The van der Waals surface area contributed by atoms with Gasteiger partial charge >= 0.3 is 5.97 Å². The Kier molecular flexibility index (Phi) is 13.7. The monoisotopic (exact) mass is 832 g/mol. The lowest BCUT2D eigenvalue weighted by atomic mass is 9.99. The van der Waals surface area contributed by atoms with Crippen molar-refractivity contribution >= 4 is 44.4 Å². The first kappa shape index (κ1) is 40.1. The van der Waals surface area contributed by atoms with Crippen molar-refractivity contribution in [3.05, 3.63) is 105 Å². The zero-order valence-electron chi connectivity index (χ0n) is 30.2. The van der Waals surface area contributed by atoms with Gasteiger partial charge in [-0.2, -0.15) is 10.4 Å². The number of aliphatic hydroxyl groups excluding tert-OH is 2. The van der Waals surface area contributed by atoms with Crippen molar-refractivity contribution in [2.24, 2.45) is 0 Å². The van der Waals surface area contributed by atoms with E-state index in [2.05, 4.69) is 60.1 Å². The van der Waals surface area contributed by atoms with E-state index in [1.54, 1.807) is 31.5 Å². The zero-order chi connectivity index (χ0) is 38.9. The summed E-state index contributed by atoms with van der Waals surface area (Å²) in [7, 11) is 1.66. The average molecular weight is 834 g/mol. The van der Waals surface area contributed by atoms with Gasteiger partial charge in [-0.3, -0.25) is 24.7 Å². The maximum absolute atomic E-state index is 11.5. The number of pyridine rings is 1. The van der Waals surface area contributed by atoms with Crippen LogP contribution in [0, 0.1) is 11.3 Å². The first-order valence-corrected chi connectivity index (χ1v) is 19.0. The summed E-state index contributed by atoms with van der Waals surface area (Å²) in [5.41, 5.74) is 5.53. The summed E-state index contributed by atoms with van der Waals surface area (Å²) in [6, 6.07) is 18.3. The van der Waals surface area contributed by atoms with Crippen molar-refractivity contribution in [2.75, 3.05) is 40.0 Å². The number of piperidine rings is 1. The minimum atomic E-state index is -1.19. The molecule has 1 saturated heterocycles. The first-order valence-electron chi connectivity index (χ1n) is 17.8. The SMILES string of the molecule is COCC(CO)N1CCC(n2ncc3c(-c4cccc(COc5cc(OCc6cncc(C#N)c6)c(CN[C@@H](CO)C(=O)O)cc5Cl)c4Br)cccc32)CC1. The van der Waals surface area contributed by atoms with E-state index >= 15 is 0 Å². The molecule has 3 heterocycles. The lowest BCUT2D eigenvalue weighted by Gasteiger charge is -2.36. The predicted octanol–water partition coefficient (Wildman–Crippen LogP) is 5.72. The van der Waals surface area contributed by atoms with Crippen LogP contribution in [0.1, 0.15) is 41.1 Å². The summed E-state index contributed by atoms with van der Waals surface area (Å²) in [6.07, 6.45) is 6.82. The molecule has 0 saturated carbocycles. The molecular weight excluding hydrogens is 792 g/mol. The van der Waals surface area contributed by atoms with Crippen molar-refractivity contribution in [3.8, 4) is 28.7 Å². The number of benzene rings is 3. The van der Waals surface area contributed by atoms with E-state index in [1.165, 1.54) is 6.20 Å². The summed E-state index contributed by atoms with van der Waals surface area (Å²) in [4.78, 5) is 17.9. The molecule has 0 amide bonds. The van der Waals surface area contributed by atoms with E-state index in [0.29, 0.717) is 34.8 Å². The first-order chi connectivity index (χ1) is 26.7. The van der Waals surface area contributed by atoms with Crippen LogP contribution in [0.5, 0.6) is 11.5 Å². The number of nitrogens with one attached hydrogen (secondary N) is 1. The summed E-state index contributed by atoms with van der Waals surface area (Å²) >= 11 is 10.6. The molecule has 6 rings (SSSR count). The van der Waals surface area contributed by atoms with Crippen LogP contribution in [0.3, 0.4) is 0 Å². The van der Waals surface area contributed by atoms with Crippen LogP contribution < -0.4 is 14.8 Å². The second-order valence-corrected chi connectivity index (χ2v) is 14.5. The number of carboxylic acid groups (broad SMARTS) is 1. The highest BCUT2D eigenvalue weighted by Crippen LogP contribution is 2.39. The van der Waals surface area contributed by atoms with Crippen LogP contribution in [-0.4, -0.2) is 93.1 Å². The Bertz CT molecular complexity index is 2150. The lowest BCUT2D eigenvalue weighted by Crippen LogP contribution is -2.46. The number of ether oxygens (including phenoxy) is 3. The molecule has 0 bridgehead atoms. The number of nitrogens with zero attached hydrogens (tertiary/aromatic N) is 5. The van der Waals surface area contributed by atoms with E-state index < -0.39 is 18.6 Å². The number of nitriles is 1. The summed E-state index contributed by atoms with van der Waals surface area (Å²) < 4.78 is 20.7. The van der Waals surface area contributed by atoms with Crippen LogP contribution in [0.4, 0.5) is 0 Å². The highest BCUT2D eigenvalue weighted by Gasteiger charge is 2.27. The number of carboxylic acids is 1. The van der Waals surface area contributed by atoms with E-state index in [0.717, 1.165) is 58.0 Å². The number of fused-ring (bicyclic) bond motifs is 1. The zero-order valence-corrected chi connectivity index (χ0v) is 32.5. The molecule has 1 unspecified atom stereocenters. The van der Waals surface area contributed by atoms with E-state index in [4.69, 9.17) is 30.9 Å². The lowest BCUT2D eigenvalue weighted by molar-refractivity contribution is -0.140. The Morgan fingerprint density at radius 3 is 2.51 bits per heavy atom. The Labute approximate surface area is 332 Å². The molecule has 2 atom stereocenters. The summed E-state index contributed by atoms with van der Waals surface area (Å²) in [6.45, 7) is 1.96. The number of aliphatic hydroxyl groups is 2. The minimum Gasteiger partial charge on any atom is -0.488 e. The highest BCUT2D eigenvalue weighted by atomic mass is 79.9. The fraction of sp³-hybridized carbons (Fsp3) is 0.350. The highest BCUT2D eigenvalue weighted by molar-refractivity contribution is 9.10. The molecule has 15 heteroatoms. The quantitative estimate of drug-likeness (QED) is 0.0899. The van der Waals surface area contributed by atoms with Gasteiger partial charge in [0.15, 0.2) is 0 Å². The molecule has 0 radical (unpaired) electrons. The van der Waals surface area contributed by atoms with Gasteiger partial charge in [-0.15, -0.1) is 0 Å². The number of methoxy groups -OCH3 is 1. The van der Waals surface area contributed by atoms with Crippen molar-refractivity contribution < 1.29 is 34.3 Å². The summed E-state index contributed by atoms with van der Waals surface area (Å²) in [5.74, 6) is -0.470. The maximum Gasteiger partial charge on any atom is 0.323 e. The molecule has 1 fully saturated rings. The topological polar surface area (TPSA) is 175 Å². The van der Waals surface area contributed by atoms with Gasteiger partial charge < -0.3 is 29.5 Å². The molecule has 0 spiro atoms. The van der Waals surface area contributed by atoms with Gasteiger partial charge in [-0.1, -0.05) is 41.9 Å². The summed E-state index contributed by atoms with van der Waals surface area (Å²) in [5, 5.41) is 47.0. The number of aromatic nitrogens is 3. The standard InChI is InChI=1S/C40H42BrClN6O7/c1-53-24-30(20-49)47-10-8-29(9-11-47)48-36-7-3-5-31(33(36)19-46-48)32-6-2-4-27(39(32)41)23-55-38-14-37(54-22-26-12-25(15-43)16-44-17-26)28(13-34(38)42)18-45-35(21-50)40(51)52/h2-7,12-14,16-17,19,29-30,35,45,49-50H,8-11,18,20-24H2,1H3,(H,51,52)/t30?,35-/m0/s1. The third-order valence-corrected chi connectivity index (χ3v) is 11.0. The van der Waals surface area contributed by atoms with Crippen LogP contribution in [0.2, 0.25) is 5.02 Å². The minimum absolute atomic E-state index is 0.00318. The average Bonchev–Trinajstić information content (AvgIpc) is 3.64. The number of rotatable bonds is 17. The van der Waals surface area contributed by atoms with Gasteiger partial charge in [0, 0.05) is 71.8 Å². The van der Waals surface area contributed by atoms with Gasteiger partial charge in [0.1, 0.15) is 36.8 Å². The molecule has 55 heavy (non-hydrogen) atoms. The predicted molar refractivity (Wildman–Crippen MR) is 210 cm³/mol. The van der Waals surface area contributed by atoms with Crippen LogP contribution in [0.25, 0.3) is 22.0 Å². The van der Waals surface area contributed by atoms with Crippen LogP contribution >= 0.6 is 27.5 Å². The second kappa shape index (κ2) is 18.8. The molecule has 0 aliphatic carbocycles. The normalized spacial score (nSPS) is 14.8. The molecular formula is C40H42BrClN6O7. The van der Waals surface area contributed by atoms with Gasteiger partial charge in [-0.05, 0) is 58.1 Å². The third kappa shape index (κ3) is 9.45. The smallest absolute Gasteiger partial charge is 0.323 e. The number of likely N-dealkylation sites (tertiary alicyclic amines) is 1. The third-order valence-electron chi connectivity index (χ3n) is 9.78. The number of hydrogen-bond donors (Lipinski definition) is 4. The molecule has 2 aromatic heterocycles. The number of hydrogen-bond acceptors (Lipinski definition) is 11. The molecule has 1 aliphatic rings. The molecule has 4 N–H and O–H groups in total. The van der Waals surface area contributed by atoms with E-state index in [-0.39, 0.29) is 43.5 Å². The van der Waals surface area contributed by atoms with Crippen molar-refractivity contribution in [1.29, 1.82) is 5.26 Å². The van der Waals surface area contributed by atoms with Crippen molar-refractivity contribution in [1.82, 2.24) is 25.0 Å². The van der Waals surface area contributed by atoms with Gasteiger partial charge in [0.05, 0.1) is 54.2 Å². The number of carbonyl (C=O) groups is 1. The van der Waals surface area contributed by atoms with Gasteiger partial charge in [-0.25, -0.2) is 0 Å². The largest absolute Gasteiger partial charge is 0.488 e. The van der Waals surface area contributed by atoms with Crippen LogP contribution in [-0.2, 0) is 29.3 Å². The Morgan fingerprint density at radius 1 is 1.02 bits per heavy atom. The van der Waals surface area contributed by atoms with Crippen molar-refractivity contribution in [3.63, 3.8) is 0 Å². The number of aliphatic carboxylic acids is 1. The Balaban J connectivity index is 1.21. The van der Waals surface area contributed by atoms with Gasteiger partial charge in [0.2, 0.25) is 0 Å². The fourth-order valence-electron chi connectivity index (χ4n) is 6.82.